The zero-order valence-electron chi connectivity index (χ0n) is 24.8. The van der Waals surface area contributed by atoms with Gasteiger partial charge in [0.15, 0.2) is 5.82 Å². The summed E-state index contributed by atoms with van der Waals surface area (Å²) in [5.41, 5.74) is 2.89. The molecule has 11 nitrogen and oxygen atoms in total. The van der Waals surface area contributed by atoms with Gasteiger partial charge in [-0.3, -0.25) is 14.2 Å². The Labute approximate surface area is 238 Å². The van der Waals surface area contributed by atoms with E-state index in [0.29, 0.717) is 42.3 Å². The number of imidazole rings is 1. The molecule has 218 valence electrons. The topological polar surface area (TPSA) is 113 Å². The number of fused-ring (bicyclic) bond motifs is 2. The Kier molecular flexibility index (Phi) is 7.31. The molecule has 0 bridgehead atoms. The number of ether oxygens (including phenoxy) is 2. The lowest BCUT2D eigenvalue weighted by Gasteiger charge is -2.33. The monoisotopic (exact) mass is 562 g/mol. The van der Waals surface area contributed by atoms with E-state index in [1.54, 1.807) is 41.8 Å². The first-order valence-corrected chi connectivity index (χ1v) is 13.9. The van der Waals surface area contributed by atoms with E-state index in [1.807, 2.05) is 51.4 Å². The number of carbonyl (C=O) groups is 2. The van der Waals surface area contributed by atoms with Crippen LogP contribution in [0.5, 0.6) is 5.75 Å². The van der Waals surface area contributed by atoms with Crippen molar-refractivity contribution in [3.05, 3.63) is 46.2 Å². The number of likely N-dealkylation sites (tertiary alicyclic amines) is 1. The number of methoxy groups -OCH3 is 1. The standard InChI is InChI=1S/C30H38N6O5/c1-8-36-22(15-18-11-12-24(37)33(5)27(18)36)26-32-21-14-19(16-23(40-7)25(21)34(26)6)28(38)35-13-9-10-20(17-35)31-29(39)41-30(2,3)4/h11-12,14-16,20H,8-10,13,17H2,1-7H3,(H,31,39)/t20-/m1/s1. The van der Waals surface area contributed by atoms with Gasteiger partial charge in [-0.25, -0.2) is 9.78 Å². The fraction of sp³-hybridized carbons (Fsp3) is 0.467. The molecular weight excluding hydrogens is 524 g/mol. The van der Waals surface area contributed by atoms with Crippen LogP contribution in [0.3, 0.4) is 0 Å². The van der Waals surface area contributed by atoms with Gasteiger partial charge in [-0.15, -0.1) is 0 Å². The van der Waals surface area contributed by atoms with E-state index in [0.717, 1.165) is 35.1 Å². The van der Waals surface area contributed by atoms with Crippen molar-refractivity contribution in [3.63, 3.8) is 0 Å². The van der Waals surface area contributed by atoms with E-state index in [9.17, 15) is 14.4 Å². The fourth-order valence-corrected chi connectivity index (χ4v) is 5.69. The first kappa shape index (κ1) is 28.3. The number of nitrogens with one attached hydrogen (secondary N) is 1. The molecule has 4 heterocycles. The summed E-state index contributed by atoms with van der Waals surface area (Å²) in [4.78, 5) is 45.0. The Morgan fingerprint density at radius 2 is 1.88 bits per heavy atom. The summed E-state index contributed by atoms with van der Waals surface area (Å²) in [7, 11) is 5.27. The first-order chi connectivity index (χ1) is 19.4. The SMILES string of the molecule is CCn1c(-c2nc3cc(C(=O)N4CCC[C@@H](NC(=O)OC(C)(C)C)C4)cc(OC)c3n2C)cc2ccc(=O)n(C)c21. The van der Waals surface area contributed by atoms with Crippen LogP contribution in [0, 0.1) is 0 Å². The highest BCUT2D eigenvalue weighted by atomic mass is 16.6. The minimum atomic E-state index is -0.593. The minimum absolute atomic E-state index is 0.0760. The van der Waals surface area contributed by atoms with Crippen LogP contribution in [-0.4, -0.2) is 67.4 Å². The summed E-state index contributed by atoms with van der Waals surface area (Å²) in [6, 6.07) is 8.78. The van der Waals surface area contributed by atoms with Crippen molar-refractivity contribution in [1.82, 2.24) is 28.9 Å². The van der Waals surface area contributed by atoms with E-state index in [-0.39, 0.29) is 17.5 Å². The van der Waals surface area contributed by atoms with Crippen molar-refractivity contribution in [1.29, 1.82) is 0 Å². The van der Waals surface area contributed by atoms with E-state index < -0.39 is 11.7 Å². The van der Waals surface area contributed by atoms with Gasteiger partial charge in [0.2, 0.25) is 0 Å². The molecular formula is C30H38N6O5. The normalized spacial score (nSPS) is 15.9. The first-order valence-electron chi connectivity index (χ1n) is 13.9. The van der Waals surface area contributed by atoms with E-state index in [4.69, 9.17) is 14.5 Å². The Morgan fingerprint density at radius 1 is 1.12 bits per heavy atom. The Balaban J connectivity index is 1.49. The highest BCUT2D eigenvalue weighted by molar-refractivity contribution is 6.00. The molecule has 11 heteroatoms. The molecule has 4 aromatic rings. The Bertz CT molecular complexity index is 1710. The molecule has 1 aromatic carbocycles. The molecule has 3 aromatic heterocycles. The van der Waals surface area contributed by atoms with Crippen LogP contribution < -0.4 is 15.6 Å². The highest BCUT2D eigenvalue weighted by Gasteiger charge is 2.29. The molecule has 41 heavy (non-hydrogen) atoms. The molecule has 1 atom stereocenters. The predicted octanol–water partition coefficient (Wildman–Crippen LogP) is 4.05. The molecule has 1 aliphatic rings. The van der Waals surface area contributed by atoms with Gasteiger partial charge in [0.25, 0.3) is 11.5 Å². The minimum Gasteiger partial charge on any atom is -0.494 e. The number of aromatic nitrogens is 4. The van der Waals surface area contributed by atoms with E-state index in [1.165, 1.54) is 0 Å². The Hall–Kier alpha value is -4.28. The van der Waals surface area contributed by atoms with Gasteiger partial charge in [-0.05, 0) is 64.8 Å². The molecule has 2 amide bonds. The number of pyridine rings is 1. The van der Waals surface area contributed by atoms with Gasteiger partial charge in [-0.1, -0.05) is 0 Å². The van der Waals surface area contributed by atoms with Gasteiger partial charge in [0.05, 0.1) is 18.3 Å². The summed E-state index contributed by atoms with van der Waals surface area (Å²) in [6.07, 6.45) is 1.06. The molecule has 1 fully saturated rings. The predicted molar refractivity (Wildman–Crippen MR) is 157 cm³/mol. The summed E-state index contributed by atoms with van der Waals surface area (Å²) in [5.74, 6) is 1.10. The number of rotatable bonds is 5. The lowest BCUT2D eigenvalue weighted by Crippen LogP contribution is -2.50. The second-order valence-electron chi connectivity index (χ2n) is 11.6. The number of alkyl carbamates (subject to hydrolysis) is 1. The van der Waals surface area contributed by atoms with Crippen molar-refractivity contribution in [2.75, 3.05) is 20.2 Å². The average Bonchev–Trinajstić information content (AvgIpc) is 3.46. The van der Waals surface area contributed by atoms with Crippen LogP contribution in [0.2, 0.25) is 0 Å². The van der Waals surface area contributed by atoms with Crippen LogP contribution in [0.4, 0.5) is 4.79 Å². The van der Waals surface area contributed by atoms with Gasteiger partial charge < -0.3 is 28.8 Å². The molecule has 0 saturated carbocycles. The van der Waals surface area contributed by atoms with Gasteiger partial charge in [0, 0.05) is 56.8 Å². The summed E-state index contributed by atoms with van der Waals surface area (Å²) >= 11 is 0. The van der Waals surface area contributed by atoms with Crippen LogP contribution in [-0.2, 0) is 25.4 Å². The highest BCUT2D eigenvalue weighted by Crippen LogP contribution is 2.34. The molecule has 0 unspecified atom stereocenters. The van der Waals surface area contributed by atoms with Crippen molar-refractivity contribution in [3.8, 4) is 17.3 Å². The quantitative estimate of drug-likeness (QED) is 0.393. The van der Waals surface area contributed by atoms with Crippen LogP contribution in [0.1, 0.15) is 50.9 Å². The van der Waals surface area contributed by atoms with Gasteiger partial charge in [-0.2, -0.15) is 0 Å². The summed E-state index contributed by atoms with van der Waals surface area (Å²) in [5, 5.41) is 3.85. The van der Waals surface area contributed by atoms with Crippen molar-refractivity contribution >= 4 is 34.1 Å². The number of hydrogen-bond acceptors (Lipinski definition) is 6. The second kappa shape index (κ2) is 10.6. The lowest BCUT2D eigenvalue weighted by molar-refractivity contribution is 0.0452. The van der Waals surface area contributed by atoms with Crippen molar-refractivity contribution < 1.29 is 19.1 Å². The van der Waals surface area contributed by atoms with Gasteiger partial charge in [0.1, 0.15) is 22.5 Å². The maximum Gasteiger partial charge on any atom is 0.407 e. The third-order valence-electron chi connectivity index (χ3n) is 7.53. The molecule has 0 radical (unpaired) electrons. The molecule has 1 aliphatic heterocycles. The second-order valence-corrected chi connectivity index (χ2v) is 11.6. The number of carbonyl (C=O) groups excluding carboxylic acids is 2. The van der Waals surface area contributed by atoms with Crippen molar-refractivity contribution in [2.24, 2.45) is 14.1 Å². The Morgan fingerprint density at radius 3 is 2.56 bits per heavy atom. The number of nitrogens with zero attached hydrogens (tertiary/aromatic N) is 5. The number of aryl methyl sites for hydroxylation is 3. The van der Waals surface area contributed by atoms with E-state index >= 15 is 0 Å². The molecule has 1 saturated heterocycles. The maximum atomic E-state index is 13.7. The molecule has 5 rings (SSSR count). The zero-order valence-corrected chi connectivity index (χ0v) is 24.8. The van der Waals surface area contributed by atoms with Crippen LogP contribution >= 0.6 is 0 Å². The lowest BCUT2D eigenvalue weighted by atomic mass is 10.0. The van der Waals surface area contributed by atoms with Crippen LogP contribution in [0.25, 0.3) is 33.6 Å². The zero-order chi connectivity index (χ0) is 29.6. The molecule has 0 aliphatic carbocycles. The molecule has 0 spiro atoms. The maximum absolute atomic E-state index is 13.7. The van der Waals surface area contributed by atoms with Crippen molar-refractivity contribution in [2.45, 2.75) is 58.7 Å². The third kappa shape index (κ3) is 5.28. The number of piperidine rings is 1. The average molecular weight is 563 g/mol. The van der Waals surface area contributed by atoms with Crippen LogP contribution in [0.15, 0.2) is 35.1 Å². The number of amides is 2. The number of hydrogen-bond donors (Lipinski definition) is 1. The third-order valence-corrected chi connectivity index (χ3v) is 7.53. The summed E-state index contributed by atoms with van der Waals surface area (Å²) < 4.78 is 16.8. The smallest absolute Gasteiger partial charge is 0.407 e. The summed E-state index contributed by atoms with van der Waals surface area (Å²) in [6.45, 7) is 9.12. The number of benzene rings is 1. The fourth-order valence-electron chi connectivity index (χ4n) is 5.69. The van der Waals surface area contributed by atoms with Gasteiger partial charge >= 0.3 is 6.09 Å². The van der Waals surface area contributed by atoms with E-state index in [2.05, 4.69) is 9.88 Å². The molecule has 1 N–H and O–H groups in total. The largest absolute Gasteiger partial charge is 0.494 e.